The number of hydrogen-bond acceptors (Lipinski definition) is 5. The van der Waals surface area contributed by atoms with Gasteiger partial charge in [0.15, 0.2) is 0 Å². The third-order valence-corrected chi connectivity index (χ3v) is 6.61. The van der Waals surface area contributed by atoms with E-state index in [0.29, 0.717) is 11.1 Å². The first-order valence-electron chi connectivity index (χ1n) is 9.40. The molecule has 28 heavy (non-hydrogen) atoms. The van der Waals surface area contributed by atoms with Crippen molar-refractivity contribution in [1.82, 2.24) is 24.0 Å². The summed E-state index contributed by atoms with van der Waals surface area (Å²) in [4.78, 5) is 6.95. The zero-order chi connectivity index (χ0) is 20.1. The second kappa shape index (κ2) is 7.03. The fourth-order valence-electron chi connectivity index (χ4n) is 4.04. The number of hydrogen-bond donors (Lipinski definition) is 0. The van der Waals surface area contributed by atoms with Crippen molar-refractivity contribution in [1.29, 1.82) is 0 Å². The largest absolute Gasteiger partial charge is 0.433 e. The third kappa shape index (κ3) is 3.79. The van der Waals surface area contributed by atoms with Crippen LogP contribution in [0.1, 0.15) is 29.6 Å². The Balaban J connectivity index is 1.27. The van der Waals surface area contributed by atoms with Gasteiger partial charge in [-0.3, -0.25) is 9.58 Å². The van der Waals surface area contributed by atoms with E-state index < -0.39 is 11.9 Å². The first-order valence-corrected chi connectivity index (χ1v) is 10.2. The Labute approximate surface area is 167 Å². The molecule has 2 saturated heterocycles. The van der Waals surface area contributed by atoms with Crippen LogP contribution in [0.5, 0.6) is 0 Å². The van der Waals surface area contributed by atoms with Gasteiger partial charge in [0, 0.05) is 61.3 Å². The number of likely N-dealkylation sites (tertiary alicyclic amines) is 1. The van der Waals surface area contributed by atoms with Gasteiger partial charge in [-0.2, -0.15) is 18.3 Å². The first-order chi connectivity index (χ1) is 13.2. The molecule has 1 spiro atoms. The maximum absolute atomic E-state index is 12.7. The molecule has 0 unspecified atom stereocenters. The highest BCUT2D eigenvalue weighted by atomic mass is 32.2. The van der Waals surface area contributed by atoms with E-state index in [1.807, 2.05) is 4.68 Å². The fourth-order valence-corrected chi connectivity index (χ4v) is 5.30. The molecule has 0 N–H and O–H groups in total. The summed E-state index contributed by atoms with van der Waals surface area (Å²) in [5, 5.41) is 4.50. The van der Waals surface area contributed by atoms with Crippen molar-refractivity contribution in [2.45, 2.75) is 44.9 Å². The lowest BCUT2D eigenvalue weighted by Gasteiger charge is -2.60. The monoisotopic (exact) mass is 411 g/mol. The molecular formula is C19H24F3N5S. The average molecular weight is 411 g/mol. The molecule has 9 heteroatoms. The van der Waals surface area contributed by atoms with Gasteiger partial charge in [0.2, 0.25) is 0 Å². The Morgan fingerprint density at radius 3 is 2.39 bits per heavy atom. The number of halogens is 3. The van der Waals surface area contributed by atoms with Crippen LogP contribution in [-0.2, 0) is 19.3 Å². The topological polar surface area (TPSA) is 37.2 Å². The zero-order valence-corrected chi connectivity index (χ0v) is 17.1. The summed E-state index contributed by atoms with van der Waals surface area (Å²) in [7, 11) is 0. The van der Waals surface area contributed by atoms with Crippen LogP contribution in [0.15, 0.2) is 23.2 Å². The number of pyridine rings is 1. The summed E-state index contributed by atoms with van der Waals surface area (Å²) in [6.07, 6.45) is -2.26. The van der Waals surface area contributed by atoms with E-state index in [2.05, 4.69) is 39.3 Å². The molecule has 0 aromatic carbocycles. The van der Waals surface area contributed by atoms with Crippen LogP contribution < -0.4 is 0 Å². The van der Waals surface area contributed by atoms with E-state index >= 15 is 0 Å². The van der Waals surface area contributed by atoms with E-state index in [9.17, 15) is 13.2 Å². The number of aromatic nitrogens is 3. The molecule has 2 fully saturated rings. The molecule has 0 saturated carbocycles. The zero-order valence-electron chi connectivity index (χ0n) is 16.3. The minimum absolute atomic E-state index is 0.328. The second-order valence-electron chi connectivity index (χ2n) is 7.91. The molecule has 152 valence electrons. The summed E-state index contributed by atoms with van der Waals surface area (Å²) < 4.78 is 42.4. The SMILES string of the molecule is CCn1cc(CN2CC3(C2)CN(Sc2ccc(C(F)(F)F)nc2C)C3)c(C)n1. The maximum Gasteiger partial charge on any atom is 0.433 e. The van der Waals surface area contributed by atoms with Crippen LogP contribution in [0.4, 0.5) is 13.2 Å². The minimum atomic E-state index is -4.39. The molecular weight excluding hydrogens is 387 g/mol. The Bertz CT molecular complexity index is 865. The second-order valence-corrected chi connectivity index (χ2v) is 9.05. The molecule has 2 aliphatic rings. The van der Waals surface area contributed by atoms with Crippen molar-refractivity contribution in [3.8, 4) is 0 Å². The third-order valence-electron chi connectivity index (χ3n) is 5.46. The smallest absolute Gasteiger partial charge is 0.298 e. The molecule has 2 aliphatic heterocycles. The quantitative estimate of drug-likeness (QED) is 0.701. The highest BCUT2D eigenvalue weighted by molar-refractivity contribution is 7.97. The van der Waals surface area contributed by atoms with Gasteiger partial charge >= 0.3 is 6.18 Å². The van der Waals surface area contributed by atoms with Crippen LogP contribution >= 0.6 is 11.9 Å². The predicted octanol–water partition coefficient (Wildman–Crippen LogP) is 3.76. The summed E-state index contributed by atoms with van der Waals surface area (Å²) in [6, 6.07) is 2.59. The molecule has 2 aromatic rings. The average Bonchev–Trinajstić information content (AvgIpc) is 2.91. The number of nitrogens with zero attached hydrogens (tertiary/aromatic N) is 5. The molecule has 5 nitrogen and oxygen atoms in total. The number of alkyl halides is 3. The van der Waals surface area contributed by atoms with E-state index in [1.54, 1.807) is 6.92 Å². The van der Waals surface area contributed by atoms with Gasteiger partial charge in [-0.25, -0.2) is 9.29 Å². The molecule has 0 atom stereocenters. The maximum atomic E-state index is 12.7. The van der Waals surface area contributed by atoms with E-state index in [-0.39, 0.29) is 0 Å². The minimum Gasteiger partial charge on any atom is -0.298 e. The van der Waals surface area contributed by atoms with Crippen molar-refractivity contribution in [3.05, 3.63) is 41.0 Å². The lowest BCUT2D eigenvalue weighted by molar-refractivity contribution is -0.141. The van der Waals surface area contributed by atoms with Gasteiger partial charge in [0.25, 0.3) is 0 Å². The lowest BCUT2D eigenvalue weighted by atomic mass is 9.74. The molecule has 0 aliphatic carbocycles. The summed E-state index contributed by atoms with van der Waals surface area (Å²) in [5.74, 6) is 0. The molecule has 0 radical (unpaired) electrons. The van der Waals surface area contributed by atoms with Crippen molar-refractivity contribution in [2.24, 2.45) is 5.41 Å². The standard InChI is InChI=1S/C19H24F3N5S/c1-4-26-8-15(13(2)24-26)7-25-9-18(10-25)11-27(12-18)28-16-5-6-17(19(20,21)22)23-14(16)3/h5-6,8H,4,7,9-12H2,1-3H3. The molecule has 4 heterocycles. The predicted molar refractivity (Wildman–Crippen MR) is 102 cm³/mol. The summed E-state index contributed by atoms with van der Waals surface area (Å²) in [6.45, 7) is 11.6. The van der Waals surface area contributed by atoms with E-state index in [1.165, 1.54) is 23.6 Å². The molecule has 0 bridgehead atoms. The van der Waals surface area contributed by atoms with Gasteiger partial charge in [-0.1, -0.05) is 0 Å². The van der Waals surface area contributed by atoms with Crippen LogP contribution in [0.3, 0.4) is 0 Å². The van der Waals surface area contributed by atoms with Crippen LogP contribution in [0, 0.1) is 19.3 Å². The number of rotatable bonds is 5. The lowest BCUT2D eigenvalue weighted by Crippen LogP contribution is -2.70. The molecule has 4 rings (SSSR count). The molecule has 0 amide bonds. The van der Waals surface area contributed by atoms with E-state index in [4.69, 9.17) is 0 Å². The van der Waals surface area contributed by atoms with Crippen LogP contribution in [0.2, 0.25) is 0 Å². The van der Waals surface area contributed by atoms with E-state index in [0.717, 1.165) is 55.9 Å². The first kappa shape index (κ1) is 19.7. The molecule has 2 aromatic heterocycles. The van der Waals surface area contributed by atoms with Gasteiger partial charge in [0.1, 0.15) is 5.69 Å². The fraction of sp³-hybridized carbons (Fsp3) is 0.579. The van der Waals surface area contributed by atoms with Crippen molar-refractivity contribution in [2.75, 3.05) is 26.2 Å². The summed E-state index contributed by atoms with van der Waals surface area (Å²) >= 11 is 1.51. The van der Waals surface area contributed by atoms with Crippen molar-refractivity contribution in [3.63, 3.8) is 0 Å². The van der Waals surface area contributed by atoms with Gasteiger partial charge in [-0.15, -0.1) is 0 Å². The highest BCUT2D eigenvalue weighted by Gasteiger charge is 2.52. The van der Waals surface area contributed by atoms with Gasteiger partial charge in [-0.05, 0) is 44.9 Å². The highest BCUT2D eigenvalue weighted by Crippen LogP contribution is 2.45. The van der Waals surface area contributed by atoms with Crippen LogP contribution in [0.25, 0.3) is 0 Å². The Morgan fingerprint density at radius 1 is 1.11 bits per heavy atom. The van der Waals surface area contributed by atoms with Crippen LogP contribution in [-0.4, -0.2) is 50.1 Å². The van der Waals surface area contributed by atoms with Gasteiger partial charge in [0.05, 0.1) is 11.4 Å². The Hall–Kier alpha value is -1.58. The Morgan fingerprint density at radius 2 is 1.82 bits per heavy atom. The number of aryl methyl sites for hydroxylation is 3. The Kier molecular flexibility index (Phi) is 4.96. The van der Waals surface area contributed by atoms with Crippen molar-refractivity contribution >= 4 is 11.9 Å². The van der Waals surface area contributed by atoms with Gasteiger partial charge < -0.3 is 0 Å². The normalized spacial score (nSPS) is 19.6. The summed E-state index contributed by atoms with van der Waals surface area (Å²) in [5.41, 5.74) is 2.31. The van der Waals surface area contributed by atoms with Crippen molar-refractivity contribution < 1.29 is 13.2 Å².